The molecule has 0 saturated heterocycles. The fraction of sp³-hybridized carbons (Fsp3) is 0.467. The highest BCUT2D eigenvalue weighted by Crippen LogP contribution is 2.09. The van der Waals surface area contributed by atoms with Crippen LogP contribution in [0.3, 0.4) is 0 Å². The van der Waals surface area contributed by atoms with Crippen LogP contribution in [0.2, 0.25) is 0 Å². The molecule has 0 aromatic carbocycles. The van der Waals surface area contributed by atoms with Crippen molar-refractivity contribution in [1.82, 2.24) is 19.4 Å². The molecule has 0 fully saturated rings. The van der Waals surface area contributed by atoms with Crippen LogP contribution in [0.1, 0.15) is 24.7 Å². The third-order valence-electron chi connectivity index (χ3n) is 3.17. The molecule has 0 radical (unpaired) electrons. The Kier molecular flexibility index (Phi) is 5.12. The first-order valence-electron chi connectivity index (χ1n) is 7.02. The van der Waals surface area contributed by atoms with Gasteiger partial charge in [-0.05, 0) is 25.1 Å². The standard InChI is InChI=1S/C15H23N5/c1-4-7-16-14-6-5-13(10-18-14)11-19(2)12-15-17-8-9-20(15)3/h5-6,8-10H,4,7,11-12H2,1-3H3,(H,16,18). The minimum absolute atomic E-state index is 0.833. The fourth-order valence-corrected chi connectivity index (χ4v) is 2.03. The third kappa shape index (κ3) is 4.06. The Morgan fingerprint density at radius 1 is 1.25 bits per heavy atom. The van der Waals surface area contributed by atoms with Crippen LogP contribution >= 0.6 is 0 Å². The predicted molar refractivity (Wildman–Crippen MR) is 81.4 cm³/mol. The number of pyridine rings is 1. The average Bonchev–Trinajstić information content (AvgIpc) is 2.83. The lowest BCUT2D eigenvalue weighted by atomic mass is 10.2. The minimum Gasteiger partial charge on any atom is -0.370 e. The second-order valence-electron chi connectivity index (χ2n) is 5.11. The Hall–Kier alpha value is -1.88. The topological polar surface area (TPSA) is 46.0 Å². The number of rotatable bonds is 7. The van der Waals surface area contributed by atoms with Crippen LogP contribution in [0, 0.1) is 0 Å². The highest BCUT2D eigenvalue weighted by Gasteiger charge is 2.05. The lowest BCUT2D eigenvalue weighted by molar-refractivity contribution is 0.307. The molecular weight excluding hydrogens is 250 g/mol. The van der Waals surface area contributed by atoms with Gasteiger partial charge in [0.25, 0.3) is 0 Å². The summed E-state index contributed by atoms with van der Waals surface area (Å²) in [4.78, 5) is 11.0. The molecule has 2 heterocycles. The predicted octanol–water partition coefficient (Wildman–Crippen LogP) is 2.27. The van der Waals surface area contributed by atoms with E-state index in [1.54, 1.807) is 0 Å². The van der Waals surface area contributed by atoms with Crippen molar-refractivity contribution in [2.45, 2.75) is 26.4 Å². The SMILES string of the molecule is CCCNc1ccc(CN(C)Cc2nccn2C)cn1. The zero-order chi connectivity index (χ0) is 14.4. The number of anilines is 1. The Bertz CT molecular complexity index is 517. The number of hydrogen-bond donors (Lipinski definition) is 1. The maximum atomic E-state index is 4.43. The van der Waals surface area contributed by atoms with Gasteiger partial charge in [-0.25, -0.2) is 9.97 Å². The number of aromatic nitrogens is 3. The highest BCUT2D eigenvalue weighted by atomic mass is 15.1. The van der Waals surface area contributed by atoms with Crippen molar-refractivity contribution in [3.05, 3.63) is 42.1 Å². The van der Waals surface area contributed by atoms with E-state index >= 15 is 0 Å². The summed E-state index contributed by atoms with van der Waals surface area (Å²) in [6.07, 6.45) is 6.85. The quantitative estimate of drug-likeness (QED) is 0.840. The first-order chi connectivity index (χ1) is 9.69. The van der Waals surface area contributed by atoms with E-state index in [1.807, 2.05) is 36.3 Å². The van der Waals surface area contributed by atoms with Crippen molar-refractivity contribution in [1.29, 1.82) is 0 Å². The van der Waals surface area contributed by atoms with Crippen molar-refractivity contribution in [2.75, 3.05) is 18.9 Å². The van der Waals surface area contributed by atoms with E-state index in [0.29, 0.717) is 0 Å². The zero-order valence-electron chi connectivity index (χ0n) is 12.5. The van der Waals surface area contributed by atoms with Crippen molar-refractivity contribution in [2.24, 2.45) is 7.05 Å². The lowest BCUT2D eigenvalue weighted by Gasteiger charge is -2.16. The van der Waals surface area contributed by atoms with Gasteiger partial charge >= 0.3 is 0 Å². The summed E-state index contributed by atoms with van der Waals surface area (Å²) in [5, 5.41) is 3.28. The van der Waals surface area contributed by atoms with E-state index in [9.17, 15) is 0 Å². The van der Waals surface area contributed by atoms with Crippen LogP contribution < -0.4 is 5.32 Å². The molecule has 0 saturated carbocycles. The smallest absolute Gasteiger partial charge is 0.125 e. The minimum atomic E-state index is 0.833. The molecule has 108 valence electrons. The van der Waals surface area contributed by atoms with Crippen molar-refractivity contribution in [3.63, 3.8) is 0 Å². The van der Waals surface area contributed by atoms with Crippen LogP contribution in [-0.4, -0.2) is 33.0 Å². The summed E-state index contributed by atoms with van der Waals surface area (Å²) in [6.45, 7) is 4.81. The van der Waals surface area contributed by atoms with Crippen LogP contribution in [0.15, 0.2) is 30.7 Å². The Balaban J connectivity index is 1.87. The molecule has 0 bridgehead atoms. The summed E-state index contributed by atoms with van der Waals surface area (Å²) in [5.41, 5.74) is 1.21. The summed E-state index contributed by atoms with van der Waals surface area (Å²) >= 11 is 0. The van der Waals surface area contributed by atoms with Crippen LogP contribution in [0.5, 0.6) is 0 Å². The second-order valence-corrected chi connectivity index (χ2v) is 5.11. The molecule has 0 aliphatic heterocycles. The van der Waals surface area contributed by atoms with E-state index in [2.05, 4.69) is 40.2 Å². The van der Waals surface area contributed by atoms with Crippen LogP contribution in [-0.2, 0) is 20.1 Å². The van der Waals surface area contributed by atoms with Gasteiger partial charge in [0.1, 0.15) is 11.6 Å². The van der Waals surface area contributed by atoms with Crippen molar-refractivity contribution < 1.29 is 0 Å². The maximum Gasteiger partial charge on any atom is 0.125 e. The molecule has 5 heteroatoms. The molecule has 1 N–H and O–H groups in total. The van der Waals surface area contributed by atoms with Crippen LogP contribution in [0.4, 0.5) is 5.82 Å². The molecule has 0 amide bonds. The fourth-order valence-electron chi connectivity index (χ4n) is 2.03. The lowest BCUT2D eigenvalue weighted by Crippen LogP contribution is -2.19. The van der Waals surface area contributed by atoms with Gasteiger partial charge in [-0.1, -0.05) is 13.0 Å². The molecule has 5 nitrogen and oxygen atoms in total. The third-order valence-corrected chi connectivity index (χ3v) is 3.17. The summed E-state index contributed by atoms with van der Waals surface area (Å²) in [5.74, 6) is 2.02. The molecule has 2 aromatic heterocycles. The Morgan fingerprint density at radius 3 is 2.70 bits per heavy atom. The number of aryl methyl sites for hydroxylation is 1. The van der Waals surface area contributed by atoms with Gasteiger partial charge in [0.2, 0.25) is 0 Å². The normalized spacial score (nSPS) is 11.0. The van der Waals surface area contributed by atoms with Gasteiger partial charge in [0.15, 0.2) is 0 Å². The second kappa shape index (κ2) is 7.05. The Labute approximate surface area is 120 Å². The van der Waals surface area contributed by atoms with E-state index < -0.39 is 0 Å². The number of imidazole rings is 1. The van der Waals surface area contributed by atoms with Gasteiger partial charge in [-0.2, -0.15) is 0 Å². The molecule has 0 unspecified atom stereocenters. The van der Waals surface area contributed by atoms with Gasteiger partial charge in [-0.3, -0.25) is 4.90 Å². The van der Waals surface area contributed by atoms with Gasteiger partial charge < -0.3 is 9.88 Å². The first kappa shape index (κ1) is 14.5. The molecule has 0 atom stereocenters. The van der Waals surface area contributed by atoms with Gasteiger partial charge in [0, 0.05) is 38.7 Å². The van der Waals surface area contributed by atoms with Crippen LogP contribution in [0.25, 0.3) is 0 Å². The van der Waals surface area contributed by atoms with E-state index in [1.165, 1.54) is 5.56 Å². The molecular formula is C15H23N5. The number of hydrogen-bond acceptors (Lipinski definition) is 4. The summed E-state index contributed by atoms with van der Waals surface area (Å²) < 4.78 is 2.05. The monoisotopic (exact) mass is 273 g/mol. The molecule has 0 spiro atoms. The Morgan fingerprint density at radius 2 is 2.10 bits per heavy atom. The summed E-state index contributed by atoms with van der Waals surface area (Å²) in [7, 11) is 4.11. The molecule has 20 heavy (non-hydrogen) atoms. The largest absolute Gasteiger partial charge is 0.370 e. The average molecular weight is 273 g/mol. The summed E-state index contributed by atoms with van der Waals surface area (Å²) in [6, 6.07) is 4.17. The number of nitrogens with one attached hydrogen (secondary N) is 1. The molecule has 2 aromatic rings. The first-order valence-corrected chi connectivity index (χ1v) is 7.02. The highest BCUT2D eigenvalue weighted by molar-refractivity contribution is 5.35. The number of nitrogens with zero attached hydrogens (tertiary/aromatic N) is 4. The zero-order valence-corrected chi connectivity index (χ0v) is 12.5. The van der Waals surface area contributed by atoms with E-state index in [0.717, 1.165) is 37.7 Å². The molecule has 0 aliphatic rings. The maximum absolute atomic E-state index is 4.43. The van der Waals surface area contributed by atoms with E-state index in [-0.39, 0.29) is 0 Å². The van der Waals surface area contributed by atoms with Gasteiger partial charge in [0.05, 0.1) is 6.54 Å². The van der Waals surface area contributed by atoms with Crippen molar-refractivity contribution in [3.8, 4) is 0 Å². The molecule has 2 rings (SSSR count). The van der Waals surface area contributed by atoms with Crippen molar-refractivity contribution >= 4 is 5.82 Å². The van der Waals surface area contributed by atoms with Gasteiger partial charge in [-0.15, -0.1) is 0 Å². The molecule has 0 aliphatic carbocycles. The van der Waals surface area contributed by atoms with E-state index in [4.69, 9.17) is 0 Å².